The SMILES string of the molecule is C1=CC(n2c(C3CC3)cc3ccccc32)=CC=C(OCCCN2CCCC2)C1. The molecular formula is C25H30N2O. The van der Waals surface area contributed by atoms with Crippen molar-refractivity contribution in [1.82, 2.24) is 9.47 Å². The van der Waals surface area contributed by atoms with Gasteiger partial charge in [-0.05, 0) is 81.5 Å². The smallest absolute Gasteiger partial charge is 0.0998 e. The van der Waals surface area contributed by atoms with Gasteiger partial charge in [-0.15, -0.1) is 0 Å². The molecule has 1 aliphatic heterocycles. The van der Waals surface area contributed by atoms with Crippen LogP contribution >= 0.6 is 0 Å². The number of rotatable bonds is 7. The third-order valence-corrected chi connectivity index (χ3v) is 6.15. The number of hydrogen-bond donors (Lipinski definition) is 0. The largest absolute Gasteiger partial charge is 0.498 e. The van der Waals surface area contributed by atoms with Crippen LogP contribution in [0.25, 0.3) is 16.6 Å². The molecule has 3 heteroatoms. The molecule has 0 amide bonds. The molecule has 0 spiro atoms. The fourth-order valence-corrected chi connectivity index (χ4v) is 4.50. The van der Waals surface area contributed by atoms with E-state index in [1.165, 1.54) is 67.6 Å². The molecule has 2 heterocycles. The summed E-state index contributed by atoms with van der Waals surface area (Å²) in [4.78, 5) is 2.55. The predicted octanol–water partition coefficient (Wildman–Crippen LogP) is 5.71. The molecule has 3 nitrogen and oxygen atoms in total. The molecular weight excluding hydrogens is 344 g/mol. The zero-order valence-corrected chi connectivity index (χ0v) is 16.6. The first kappa shape index (κ1) is 17.8. The van der Waals surface area contributed by atoms with E-state index in [9.17, 15) is 0 Å². The van der Waals surface area contributed by atoms with E-state index in [1.807, 2.05) is 0 Å². The van der Waals surface area contributed by atoms with Crippen LogP contribution in [0.5, 0.6) is 0 Å². The van der Waals surface area contributed by atoms with Crippen LogP contribution < -0.4 is 0 Å². The third kappa shape index (κ3) is 3.81. The molecule has 0 unspecified atom stereocenters. The number of hydrogen-bond acceptors (Lipinski definition) is 2. The van der Waals surface area contributed by atoms with Crippen LogP contribution in [0, 0.1) is 0 Å². The van der Waals surface area contributed by atoms with Gasteiger partial charge in [0.05, 0.1) is 17.9 Å². The summed E-state index contributed by atoms with van der Waals surface area (Å²) in [6.07, 6.45) is 16.3. The van der Waals surface area contributed by atoms with Crippen LogP contribution in [0.1, 0.15) is 50.1 Å². The second-order valence-electron chi connectivity index (χ2n) is 8.32. The summed E-state index contributed by atoms with van der Waals surface area (Å²) in [5.74, 6) is 1.80. The summed E-state index contributed by atoms with van der Waals surface area (Å²) in [5.41, 5.74) is 4.02. The van der Waals surface area contributed by atoms with Gasteiger partial charge in [-0.2, -0.15) is 0 Å². The number of benzene rings is 1. The Hall–Kier alpha value is -2.26. The minimum Gasteiger partial charge on any atom is -0.498 e. The maximum Gasteiger partial charge on any atom is 0.0998 e. The zero-order chi connectivity index (χ0) is 18.8. The second kappa shape index (κ2) is 8.00. The van der Waals surface area contributed by atoms with Crippen LogP contribution in [0.3, 0.4) is 0 Å². The van der Waals surface area contributed by atoms with Gasteiger partial charge < -0.3 is 14.2 Å². The Morgan fingerprint density at radius 3 is 2.75 bits per heavy atom. The highest BCUT2D eigenvalue weighted by molar-refractivity contribution is 5.86. The van der Waals surface area contributed by atoms with E-state index in [0.717, 1.165) is 31.1 Å². The van der Waals surface area contributed by atoms with E-state index >= 15 is 0 Å². The van der Waals surface area contributed by atoms with E-state index < -0.39 is 0 Å². The molecule has 1 saturated heterocycles. The van der Waals surface area contributed by atoms with E-state index in [2.05, 4.69) is 64.1 Å². The average Bonchev–Trinajstić information content (AvgIpc) is 3.37. The van der Waals surface area contributed by atoms with Crippen LogP contribution in [0.4, 0.5) is 0 Å². The number of aromatic nitrogens is 1. The molecule has 0 bridgehead atoms. The Bertz CT molecular complexity index is 923. The molecule has 3 aliphatic rings. The number of nitrogens with zero attached hydrogens (tertiary/aromatic N) is 2. The predicted molar refractivity (Wildman–Crippen MR) is 116 cm³/mol. The molecule has 2 aromatic rings. The maximum atomic E-state index is 6.10. The van der Waals surface area contributed by atoms with Crippen LogP contribution in [0.15, 0.2) is 60.4 Å². The van der Waals surface area contributed by atoms with Crippen molar-refractivity contribution in [1.29, 1.82) is 0 Å². The molecule has 146 valence electrons. The standard InChI is InChI=1S/C25H30N2O/c1-2-10-24-21(7-1)19-25(20-11-12-20)27(24)22-8-5-9-23(14-13-22)28-18-6-17-26-15-3-4-16-26/h1-2,5,7-8,10,13-14,19-20H,3-4,6,9,11-12,15-18H2. The fourth-order valence-electron chi connectivity index (χ4n) is 4.50. The highest BCUT2D eigenvalue weighted by atomic mass is 16.5. The number of allylic oxidation sites excluding steroid dienone is 5. The molecule has 1 saturated carbocycles. The summed E-state index contributed by atoms with van der Waals surface area (Å²) >= 11 is 0. The summed E-state index contributed by atoms with van der Waals surface area (Å²) in [7, 11) is 0. The fraction of sp³-hybridized carbons (Fsp3) is 0.440. The Morgan fingerprint density at radius 2 is 1.89 bits per heavy atom. The van der Waals surface area contributed by atoms with Crippen molar-refractivity contribution in [2.75, 3.05) is 26.2 Å². The van der Waals surface area contributed by atoms with E-state index in [0.29, 0.717) is 0 Å². The van der Waals surface area contributed by atoms with Gasteiger partial charge in [-0.1, -0.05) is 24.3 Å². The minimum atomic E-state index is 0.718. The first-order chi connectivity index (χ1) is 13.9. The van der Waals surface area contributed by atoms with E-state index in [-0.39, 0.29) is 0 Å². The van der Waals surface area contributed by atoms with Gasteiger partial charge in [0.1, 0.15) is 0 Å². The highest BCUT2D eigenvalue weighted by Crippen LogP contribution is 2.43. The monoisotopic (exact) mass is 374 g/mol. The molecule has 28 heavy (non-hydrogen) atoms. The van der Waals surface area contributed by atoms with Crippen molar-refractivity contribution in [2.24, 2.45) is 0 Å². The van der Waals surface area contributed by atoms with Crippen molar-refractivity contribution in [3.05, 3.63) is 66.1 Å². The molecule has 2 aliphatic carbocycles. The van der Waals surface area contributed by atoms with Crippen molar-refractivity contribution >= 4 is 16.6 Å². The van der Waals surface area contributed by atoms with Crippen molar-refractivity contribution in [3.63, 3.8) is 0 Å². The second-order valence-corrected chi connectivity index (χ2v) is 8.32. The zero-order valence-electron chi connectivity index (χ0n) is 16.6. The first-order valence-electron chi connectivity index (χ1n) is 10.9. The summed E-state index contributed by atoms with van der Waals surface area (Å²) in [6.45, 7) is 4.53. The lowest BCUT2D eigenvalue weighted by atomic mass is 10.2. The van der Waals surface area contributed by atoms with Crippen molar-refractivity contribution in [2.45, 2.75) is 44.4 Å². The number of para-hydroxylation sites is 1. The number of ether oxygens (including phenoxy) is 1. The molecule has 0 radical (unpaired) electrons. The number of likely N-dealkylation sites (tertiary alicyclic amines) is 1. The van der Waals surface area contributed by atoms with Gasteiger partial charge in [0.15, 0.2) is 0 Å². The molecule has 0 atom stereocenters. The Labute approximate surface area is 168 Å². The topological polar surface area (TPSA) is 17.4 Å². The molecule has 5 rings (SSSR count). The highest BCUT2D eigenvalue weighted by Gasteiger charge is 2.28. The average molecular weight is 375 g/mol. The lowest BCUT2D eigenvalue weighted by Gasteiger charge is -2.14. The van der Waals surface area contributed by atoms with E-state index in [1.54, 1.807) is 0 Å². The lowest BCUT2D eigenvalue weighted by Crippen LogP contribution is -2.21. The molecule has 2 fully saturated rings. The summed E-state index contributed by atoms with van der Waals surface area (Å²) in [5, 5.41) is 1.34. The molecule has 1 aromatic carbocycles. The van der Waals surface area contributed by atoms with Gasteiger partial charge >= 0.3 is 0 Å². The summed E-state index contributed by atoms with van der Waals surface area (Å²) < 4.78 is 8.55. The third-order valence-electron chi connectivity index (χ3n) is 6.15. The van der Waals surface area contributed by atoms with E-state index in [4.69, 9.17) is 4.74 Å². The van der Waals surface area contributed by atoms with Crippen molar-refractivity contribution < 1.29 is 4.74 Å². The quantitative estimate of drug-likeness (QED) is 0.578. The lowest BCUT2D eigenvalue weighted by molar-refractivity contribution is 0.187. The van der Waals surface area contributed by atoms with Crippen molar-refractivity contribution in [3.8, 4) is 0 Å². The van der Waals surface area contributed by atoms with Crippen LogP contribution in [-0.4, -0.2) is 35.7 Å². The van der Waals surface area contributed by atoms with Gasteiger partial charge in [-0.25, -0.2) is 0 Å². The molecule has 1 aromatic heterocycles. The first-order valence-corrected chi connectivity index (χ1v) is 10.9. The Morgan fingerprint density at radius 1 is 1.04 bits per heavy atom. The van der Waals surface area contributed by atoms with Gasteiger partial charge in [-0.3, -0.25) is 0 Å². The maximum absolute atomic E-state index is 6.10. The minimum absolute atomic E-state index is 0.718. The van der Waals surface area contributed by atoms with Gasteiger partial charge in [0, 0.05) is 29.7 Å². The van der Waals surface area contributed by atoms with Crippen LogP contribution in [-0.2, 0) is 4.74 Å². The van der Waals surface area contributed by atoms with Gasteiger partial charge in [0.2, 0.25) is 0 Å². The number of fused-ring (bicyclic) bond motifs is 1. The summed E-state index contributed by atoms with van der Waals surface area (Å²) in [6, 6.07) is 11.1. The molecule has 0 N–H and O–H groups in total. The van der Waals surface area contributed by atoms with Crippen LogP contribution in [0.2, 0.25) is 0 Å². The Kier molecular flexibility index (Phi) is 5.09. The Balaban J connectivity index is 1.31. The van der Waals surface area contributed by atoms with Gasteiger partial charge in [0.25, 0.3) is 0 Å². The normalized spacial score (nSPS) is 20.3.